The van der Waals surface area contributed by atoms with Crippen LogP contribution in [0.5, 0.6) is 0 Å². The third-order valence-electron chi connectivity index (χ3n) is 5.31. The average molecular weight is 560 g/mol. The highest BCUT2D eigenvalue weighted by Crippen LogP contribution is 2.40. The number of rotatable bonds is 3. The summed E-state index contributed by atoms with van der Waals surface area (Å²) in [5, 5.41) is 10.4. The van der Waals surface area contributed by atoms with Crippen molar-refractivity contribution in [2.24, 2.45) is 0 Å². The number of carbonyl (C=O) groups is 1. The lowest BCUT2D eigenvalue weighted by Gasteiger charge is -2.40. The maximum atomic E-state index is 12.6. The van der Waals surface area contributed by atoms with Gasteiger partial charge in [-0.1, -0.05) is 93.7 Å². The van der Waals surface area contributed by atoms with Crippen molar-refractivity contribution in [1.29, 1.82) is 5.26 Å². The van der Waals surface area contributed by atoms with Gasteiger partial charge >= 0.3 is 0 Å². The lowest BCUT2D eigenvalue weighted by molar-refractivity contribution is -0.157. The topological polar surface area (TPSA) is 53.3 Å². The van der Waals surface area contributed by atoms with Crippen LogP contribution in [-0.4, -0.2) is 24.0 Å². The van der Waals surface area contributed by atoms with Crippen molar-refractivity contribution < 1.29 is 13.9 Å². The quantitative estimate of drug-likeness (QED) is 0.301. The summed E-state index contributed by atoms with van der Waals surface area (Å²) in [4.78, 5) is 13.8. The van der Waals surface area contributed by atoms with E-state index in [1.807, 2.05) is 51.1 Å². The molecule has 2 unspecified atom stereocenters. The first-order valence-corrected chi connectivity index (χ1v) is 13.5. The van der Waals surface area contributed by atoms with E-state index in [-0.39, 0.29) is 31.0 Å². The Kier molecular flexibility index (Phi) is 15.3. The molecular formula is C31H37Cl2FN2O2. The molecule has 1 aliphatic rings. The molecule has 0 aromatic heterocycles. The first kappa shape index (κ1) is 33.1. The van der Waals surface area contributed by atoms with Gasteiger partial charge in [-0.15, -0.1) is 0 Å². The fraction of sp³-hybridized carbons (Fsp3) is 0.355. The van der Waals surface area contributed by atoms with Gasteiger partial charge in [-0.2, -0.15) is 5.26 Å². The van der Waals surface area contributed by atoms with Gasteiger partial charge in [-0.3, -0.25) is 4.79 Å². The van der Waals surface area contributed by atoms with E-state index in [1.165, 1.54) is 12.5 Å². The number of hydrogen-bond donors (Lipinski definition) is 0. The van der Waals surface area contributed by atoms with Crippen LogP contribution in [0.4, 0.5) is 4.39 Å². The second-order valence-corrected chi connectivity index (χ2v) is 9.29. The van der Waals surface area contributed by atoms with E-state index < -0.39 is 6.04 Å². The summed E-state index contributed by atoms with van der Waals surface area (Å²) in [6.45, 7) is 11.8. The van der Waals surface area contributed by atoms with Crippen LogP contribution in [0.25, 0.3) is 0 Å². The van der Waals surface area contributed by atoms with E-state index in [0.717, 1.165) is 16.7 Å². The highest BCUT2D eigenvalue weighted by atomic mass is 35.5. The van der Waals surface area contributed by atoms with Gasteiger partial charge in [-0.05, 0) is 66.4 Å². The second-order valence-electron chi connectivity index (χ2n) is 8.42. The SMILES string of the molecule is CC.CCC.Cc1ccc(C)c(F)c1.N#CCN1C(=O)COC(c2ccc(Cl)cc2)C1c1ccc(Cl)cc1. The van der Waals surface area contributed by atoms with Gasteiger partial charge in [0.25, 0.3) is 0 Å². The summed E-state index contributed by atoms with van der Waals surface area (Å²) in [6.07, 6.45) is 0.870. The summed E-state index contributed by atoms with van der Waals surface area (Å²) >= 11 is 11.9. The van der Waals surface area contributed by atoms with Crippen molar-refractivity contribution in [1.82, 2.24) is 4.90 Å². The Hall–Kier alpha value is -2.91. The number of amides is 1. The second kappa shape index (κ2) is 17.6. The fourth-order valence-electron chi connectivity index (χ4n) is 3.56. The smallest absolute Gasteiger partial charge is 0.250 e. The van der Waals surface area contributed by atoms with E-state index in [9.17, 15) is 9.18 Å². The zero-order valence-corrected chi connectivity index (χ0v) is 24.5. The molecule has 1 heterocycles. The van der Waals surface area contributed by atoms with E-state index >= 15 is 0 Å². The van der Waals surface area contributed by atoms with Crippen LogP contribution in [0.15, 0.2) is 66.7 Å². The Morgan fingerprint density at radius 2 is 1.45 bits per heavy atom. The Bertz CT molecular complexity index is 1160. The van der Waals surface area contributed by atoms with E-state index in [4.69, 9.17) is 33.2 Å². The number of carbonyl (C=O) groups excluding carboxylic acids is 1. The standard InChI is InChI=1S/C18H14Cl2N2O2.C8H9F.C3H8.C2H6/c19-14-5-1-12(2-6-14)17-18(13-3-7-15(20)8-4-13)24-11-16(23)22(17)10-9-21;1-6-3-4-7(2)8(9)5-6;1-3-2;1-2/h1-8,17-18H,10-11H2;3-5H,1-2H3;3H2,1-2H3;1-2H3. The molecule has 204 valence electrons. The van der Waals surface area contributed by atoms with Crippen molar-refractivity contribution in [3.63, 3.8) is 0 Å². The normalized spacial score (nSPS) is 16.0. The summed E-state index contributed by atoms with van der Waals surface area (Å²) in [7, 11) is 0. The van der Waals surface area contributed by atoms with Crippen molar-refractivity contribution in [2.45, 2.75) is 60.1 Å². The Morgan fingerprint density at radius 3 is 1.89 bits per heavy atom. The summed E-state index contributed by atoms with van der Waals surface area (Å²) < 4.78 is 18.4. The summed E-state index contributed by atoms with van der Waals surface area (Å²) in [5.41, 5.74) is 3.44. The zero-order valence-electron chi connectivity index (χ0n) is 23.0. The van der Waals surface area contributed by atoms with Crippen LogP contribution in [0.2, 0.25) is 10.0 Å². The number of hydrogen-bond acceptors (Lipinski definition) is 3. The predicted octanol–water partition coefficient (Wildman–Crippen LogP) is 9.04. The van der Waals surface area contributed by atoms with Crippen LogP contribution < -0.4 is 0 Å². The molecule has 2 atom stereocenters. The minimum Gasteiger partial charge on any atom is -0.361 e. The van der Waals surface area contributed by atoms with Crippen molar-refractivity contribution in [3.05, 3.63) is 105 Å². The first-order chi connectivity index (χ1) is 18.2. The molecule has 7 heteroatoms. The number of morpholine rings is 1. The number of nitrogens with zero attached hydrogens (tertiary/aromatic N) is 2. The number of nitriles is 1. The number of halogens is 3. The fourth-order valence-corrected chi connectivity index (χ4v) is 3.81. The van der Waals surface area contributed by atoms with Gasteiger partial charge < -0.3 is 9.64 Å². The number of aryl methyl sites for hydroxylation is 2. The van der Waals surface area contributed by atoms with E-state index in [0.29, 0.717) is 15.6 Å². The van der Waals surface area contributed by atoms with Gasteiger partial charge in [0.1, 0.15) is 25.1 Å². The number of benzene rings is 3. The van der Waals surface area contributed by atoms with Crippen LogP contribution in [0.3, 0.4) is 0 Å². The summed E-state index contributed by atoms with van der Waals surface area (Å²) in [6, 6.07) is 21.4. The molecule has 0 bridgehead atoms. The molecule has 3 aromatic rings. The van der Waals surface area contributed by atoms with Crippen molar-refractivity contribution in [3.8, 4) is 6.07 Å². The first-order valence-electron chi connectivity index (χ1n) is 12.7. The Balaban J connectivity index is 0.000000428. The van der Waals surface area contributed by atoms with Crippen molar-refractivity contribution >= 4 is 29.1 Å². The third kappa shape index (κ3) is 10.1. The lowest BCUT2D eigenvalue weighted by Crippen LogP contribution is -2.45. The molecule has 1 saturated heterocycles. The van der Waals surface area contributed by atoms with E-state index in [2.05, 4.69) is 19.9 Å². The van der Waals surface area contributed by atoms with Gasteiger partial charge in [0, 0.05) is 10.0 Å². The van der Waals surface area contributed by atoms with Crippen molar-refractivity contribution in [2.75, 3.05) is 13.2 Å². The van der Waals surface area contributed by atoms with Crippen LogP contribution in [-0.2, 0) is 9.53 Å². The zero-order chi connectivity index (χ0) is 28.7. The lowest BCUT2D eigenvalue weighted by atomic mass is 9.93. The predicted molar refractivity (Wildman–Crippen MR) is 155 cm³/mol. The molecule has 1 amide bonds. The largest absolute Gasteiger partial charge is 0.361 e. The summed E-state index contributed by atoms with van der Waals surface area (Å²) in [5.74, 6) is -0.322. The average Bonchev–Trinajstić information content (AvgIpc) is 2.91. The monoisotopic (exact) mass is 558 g/mol. The van der Waals surface area contributed by atoms with Gasteiger partial charge in [-0.25, -0.2) is 4.39 Å². The van der Waals surface area contributed by atoms with Gasteiger partial charge in [0.2, 0.25) is 5.91 Å². The van der Waals surface area contributed by atoms with Gasteiger partial charge in [0.05, 0.1) is 12.1 Å². The minimum absolute atomic E-state index is 0.000420. The maximum absolute atomic E-state index is 12.6. The molecule has 0 N–H and O–H groups in total. The highest BCUT2D eigenvalue weighted by Gasteiger charge is 2.38. The Morgan fingerprint density at radius 1 is 0.947 bits per heavy atom. The molecule has 0 radical (unpaired) electrons. The molecule has 0 aliphatic carbocycles. The third-order valence-corrected chi connectivity index (χ3v) is 5.81. The molecule has 38 heavy (non-hydrogen) atoms. The molecule has 1 aliphatic heterocycles. The minimum atomic E-state index is -0.399. The van der Waals surface area contributed by atoms with Crippen LogP contribution >= 0.6 is 23.2 Å². The maximum Gasteiger partial charge on any atom is 0.250 e. The molecule has 3 aromatic carbocycles. The molecule has 4 nitrogen and oxygen atoms in total. The molecule has 4 rings (SSSR count). The molecule has 0 saturated carbocycles. The molecule has 0 spiro atoms. The number of ether oxygens (including phenoxy) is 1. The Labute approximate surface area is 237 Å². The van der Waals surface area contributed by atoms with Gasteiger partial charge in [0.15, 0.2) is 0 Å². The molecule has 1 fully saturated rings. The van der Waals surface area contributed by atoms with Crippen LogP contribution in [0.1, 0.15) is 68.5 Å². The molecular weight excluding hydrogens is 522 g/mol. The highest BCUT2D eigenvalue weighted by molar-refractivity contribution is 6.30. The van der Waals surface area contributed by atoms with E-state index in [1.54, 1.807) is 42.2 Å². The van der Waals surface area contributed by atoms with Crippen LogP contribution in [0, 0.1) is 31.0 Å².